The van der Waals surface area contributed by atoms with Crippen LogP contribution in [0.3, 0.4) is 0 Å². The number of allylic oxidation sites excluding steroid dienone is 1. The molecule has 2 aromatic rings. The Morgan fingerprint density at radius 3 is 2.81 bits per heavy atom. The third-order valence-electron chi connectivity index (χ3n) is 5.59. The van der Waals surface area contributed by atoms with Crippen LogP contribution in [-0.4, -0.2) is 35.6 Å². The van der Waals surface area contributed by atoms with Gasteiger partial charge in [-0.05, 0) is 49.0 Å². The van der Waals surface area contributed by atoms with E-state index in [9.17, 15) is 4.79 Å². The minimum Gasteiger partial charge on any atom is -0.381 e. The van der Waals surface area contributed by atoms with E-state index in [0.29, 0.717) is 12.3 Å². The molecular weight excluding hydrogens is 326 g/mol. The summed E-state index contributed by atoms with van der Waals surface area (Å²) < 4.78 is 5.45. The molecule has 0 spiro atoms. The van der Waals surface area contributed by atoms with Crippen molar-refractivity contribution < 1.29 is 9.53 Å². The Hall–Kier alpha value is -2.53. The van der Waals surface area contributed by atoms with Gasteiger partial charge >= 0.3 is 0 Å². The molecule has 1 fully saturated rings. The molecule has 2 aliphatic heterocycles. The van der Waals surface area contributed by atoms with E-state index >= 15 is 0 Å². The Morgan fingerprint density at radius 1 is 1.12 bits per heavy atom. The number of carbonyl (C=O) groups excluding carboxylic acids is 1. The van der Waals surface area contributed by atoms with Crippen LogP contribution in [0.15, 0.2) is 30.6 Å². The van der Waals surface area contributed by atoms with E-state index in [4.69, 9.17) is 4.74 Å². The van der Waals surface area contributed by atoms with E-state index in [0.717, 1.165) is 67.2 Å². The Bertz CT molecular complexity index is 900. The van der Waals surface area contributed by atoms with Gasteiger partial charge in [-0.15, -0.1) is 0 Å². The Morgan fingerprint density at radius 2 is 1.92 bits per heavy atom. The van der Waals surface area contributed by atoms with E-state index in [1.165, 1.54) is 5.56 Å². The third kappa shape index (κ3) is 2.72. The molecule has 5 heteroatoms. The van der Waals surface area contributed by atoms with Gasteiger partial charge in [-0.2, -0.15) is 0 Å². The zero-order chi connectivity index (χ0) is 17.5. The minimum absolute atomic E-state index is 0.160. The summed E-state index contributed by atoms with van der Waals surface area (Å²) >= 11 is 0. The van der Waals surface area contributed by atoms with Crippen LogP contribution in [0.5, 0.6) is 0 Å². The molecule has 0 unspecified atom stereocenters. The first-order valence-corrected chi connectivity index (χ1v) is 9.31. The molecule has 3 aliphatic rings. The molecule has 132 valence electrons. The second kappa shape index (κ2) is 6.32. The van der Waals surface area contributed by atoms with Crippen LogP contribution in [0.2, 0.25) is 0 Å². The highest BCUT2D eigenvalue weighted by Gasteiger charge is 2.31. The number of anilines is 1. The predicted molar refractivity (Wildman–Crippen MR) is 99.8 cm³/mol. The van der Waals surface area contributed by atoms with Crippen molar-refractivity contribution in [1.82, 2.24) is 9.97 Å². The van der Waals surface area contributed by atoms with Crippen molar-refractivity contribution in [2.45, 2.75) is 25.7 Å². The van der Waals surface area contributed by atoms with Crippen molar-refractivity contribution in [3.05, 3.63) is 47.6 Å². The van der Waals surface area contributed by atoms with Crippen molar-refractivity contribution in [1.29, 1.82) is 0 Å². The number of carbonyl (C=O) groups is 1. The molecule has 1 saturated heterocycles. The number of ether oxygens (including phenoxy) is 1. The molecule has 5 rings (SSSR count). The number of hydrogen-bond donors (Lipinski definition) is 0. The smallest absolute Gasteiger partial charge is 0.233 e. The van der Waals surface area contributed by atoms with Gasteiger partial charge in [0.05, 0.1) is 23.5 Å². The molecule has 5 nitrogen and oxygen atoms in total. The topological polar surface area (TPSA) is 55.3 Å². The van der Waals surface area contributed by atoms with Crippen LogP contribution < -0.4 is 4.90 Å². The molecule has 0 aromatic carbocycles. The normalized spacial score (nSPS) is 19.1. The molecule has 0 saturated carbocycles. The van der Waals surface area contributed by atoms with Gasteiger partial charge in [0.25, 0.3) is 0 Å². The monoisotopic (exact) mass is 347 g/mol. The summed E-state index contributed by atoms with van der Waals surface area (Å²) in [5.74, 6) is 0.669. The van der Waals surface area contributed by atoms with Crippen LogP contribution in [0.1, 0.15) is 29.8 Å². The summed E-state index contributed by atoms with van der Waals surface area (Å²) in [7, 11) is 0. The average molecular weight is 347 g/mol. The number of fused-ring (bicyclic) bond motifs is 2. The first-order chi connectivity index (χ1) is 12.8. The molecular formula is C21H21N3O2. The lowest BCUT2D eigenvalue weighted by Crippen LogP contribution is -2.34. The fraction of sp³-hybridized carbons (Fsp3) is 0.381. The fourth-order valence-electron chi connectivity index (χ4n) is 4.06. The molecule has 1 amide bonds. The van der Waals surface area contributed by atoms with E-state index in [1.54, 1.807) is 0 Å². The quantitative estimate of drug-likeness (QED) is 0.856. The van der Waals surface area contributed by atoms with Crippen molar-refractivity contribution in [2.75, 3.05) is 24.7 Å². The lowest BCUT2D eigenvalue weighted by Gasteiger charge is -2.27. The number of rotatable bonds is 3. The highest BCUT2D eigenvalue weighted by molar-refractivity contribution is 6.01. The van der Waals surface area contributed by atoms with Crippen molar-refractivity contribution in [3.8, 4) is 11.1 Å². The van der Waals surface area contributed by atoms with Gasteiger partial charge in [-0.1, -0.05) is 6.08 Å². The van der Waals surface area contributed by atoms with Crippen molar-refractivity contribution >= 4 is 17.7 Å². The SMILES string of the molecule is O=C1Cc2ncc(-c3cnc4c(c3)CC=C4)cc2N1CC1CCOCC1. The molecule has 26 heavy (non-hydrogen) atoms. The Labute approximate surface area is 152 Å². The number of pyridine rings is 2. The average Bonchev–Trinajstić information content (AvgIpc) is 3.26. The fourth-order valence-corrected chi connectivity index (χ4v) is 4.06. The second-order valence-electron chi connectivity index (χ2n) is 7.30. The van der Waals surface area contributed by atoms with Crippen LogP contribution in [0, 0.1) is 5.92 Å². The zero-order valence-electron chi connectivity index (χ0n) is 14.6. The summed E-state index contributed by atoms with van der Waals surface area (Å²) in [6.07, 6.45) is 11.4. The summed E-state index contributed by atoms with van der Waals surface area (Å²) in [6.45, 7) is 2.37. The summed E-state index contributed by atoms with van der Waals surface area (Å²) in [6, 6.07) is 4.30. The van der Waals surface area contributed by atoms with Crippen molar-refractivity contribution in [3.63, 3.8) is 0 Å². The highest BCUT2D eigenvalue weighted by atomic mass is 16.5. The van der Waals surface area contributed by atoms with Crippen molar-refractivity contribution in [2.24, 2.45) is 5.92 Å². The van der Waals surface area contributed by atoms with Crippen LogP contribution in [-0.2, 0) is 22.4 Å². The number of aromatic nitrogens is 2. The lowest BCUT2D eigenvalue weighted by molar-refractivity contribution is -0.117. The molecule has 0 N–H and O–H groups in total. The second-order valence-corrected chi connectivity index (χ2v) is 7.30. The van der Waals surface area contributed by atoms with Gasteiger partial charge < -0.3 is 9.64 Å². The highest BCUT2D eigenvalue weighted by Crippen LogP contribution is 2.34. The summed E-state index contributed by atoms with van der Waals surface area (Å²) in [5.41, 5.74) is 6.25. The summed E-state index contributed by atoms with van der Waals surface area (Å²) in [5, 5.41) is 0. The first kappa shape index (κ1) is 15.7. The molecule has 2 aromatic heterocycles. The van der Waals surface area contributed by atoms with Gasteiger partial charge in [-0.3, -0.25) is 14.8 Å². The zero-order valence-corrected chi connectivity index (χ0v) is 14.6. The van der Waals surface area contributed by atoms with Gasteiger partial charge in [0.1, 0.15) is 0 Å². The largest absolute Gasteiger partial charge is 0.381 e. The number of hydrogen-bond acceptors (Lipinski definition) is 4. The van der Waals surface area contributed by atoms with E-state index < -0.39 is 0 Å². The molecule has 0 bridgehead atoms. The lowest BCUT2D eigenvalue weighted by atomic mass is 9.99. The molecule has 4 heterocycles. The minimum atomic E-state index is 0.160. The molecule has 1 aliphatic carbocycles. The van der Waals surface area contributed by atoms with Gasteiger partial charge in [0.2, 0.25) is 5.91 Å². The Balaban J connectivity index is 1.45. The van der Waals surface area contributed by atoms with E-state index in [-0.39, 0.29) is 5.91 Å². The van der Waals surface area contributed by atoms with Crippen LogP contribution in [0.4, 0.5) is 5.69 Å². The van der Waals surface area contributed by atoms with Gasteiger partial charge in [-0.25, -0.2) is 0 Å². The maximum atomic E-state index is 12.5. The maximum Gasteiger partial charge on any atom is 0.233 e. The maximum absolute atomic E-state index is 12.5. The number of nitrogens with zero attached hydrogens (tertiary/aromatic N) is 3. The molecule has 0 atom stereocenters. The predicted octanol–water partition coefficient (Wildman–Crippen LogP) is 3.03. The van der Waals surface area contributed by atoms with Crippen LogP contribution in [0.25, 0.3) is 17.2 Å². The molecule has 0 radical (unpaired) electrons. The first-order valence-electron chi connectivity index (χ1n) is 9.31. The standard InChI is InChI=1S/C21H21N3O2/c25-21-10-19-20(24(21)13-14-4-6-26-7-5-14)9-17(12-23-19)16-8-15-2-1-3-18(15)22-11-16/h1,3,8-9,11-12,14H,2,4-7,10,13H2. The van der Waals surface area contributed by atoms with Crippen LogP contribution >= 0.6 is 0 Å². The third-order valence-corrected chi connectivity index (χ3v) is 5.59. The van der Waals surface area contributed by atoms with Gasteiger partial charge in [0.15, 0.2) is 0 Å². The number of amides is 1. The summed E-state index contributed by atoms with van der Waals surface area (Å²) in [4.78, 5) is 23.6. The van der Waals surface area contributed by atoms with E-state index in [2.05, 4.69) is 34.3 Å². The van der Waals surface area contributed by atoms with Gasteiger partial charge in [0, 0.05) is 43.3 Å². The Kier molecular flexibility index (Phi) is 3.82. The van der Waals surface area contributed by atoms with E-state index in [1.807, 2.05) is 17.3 Å².